The molecule has 2 aromatic carbocycles. The Labute approximate surface area is 116 Å². The van der Waals surface area contributed by atoms with Gasteiger partial charge in [-0.3, -0.25) is 0 Å². The molecule has 0 aliphatic heterocycles. The molecular weight excluding hydrogens is 230 g/mol. The van der Waals surface area contributed by atoms with Crippen LogP contribution in [0.5, 0.6) is 0 Å². The fraction of sp³-hybridized carbons (Fsp3) is 0.444. The van der Waals surface area contributed by atoms with Crippen molar-refractivity contribution >= 4 is 16.5 Å². The summed E-state index contributed by atoms with van der Waals surface area (Å²) in [6, 6.07) is 15.9. The number of benzene rings is 2. The number of fused-ring (bicyclic) bond motifs is 1. The van der Waals surface area contributed by atoms with E-state index in [1.54, 1.807) is 0 Å². The van der Waals surface area contributed by atoms with Gasteiger partial charge in [0.2, 0.25) is 0 Å². The number of hydrogen-bond donors (Lipinski definition) is 1. The van der Waals surface area contributed by atoms with Crippen LogP contribution in [0.1, 0.15) is 33.1 Å². The molecule has 1 saturated carbocycles. The summed E-state index contributed by atoms with van der Waals surface area (Å²) in [5.41, 5.74) is 1.27. The molecule has 100 valence electrons. The highest BCUT2D eigenvalue weighted by Crippen LogP contribution is 2.31. The van der Waals surface area contributed by atoms with E-state index in [1.165, 1.54) is 35.7 Å². The molecule has 1 aliphatic rings. The van der Waals surface area contributed by atoms with Gasteiger partial charge in [0.05, 0.1) is 0 Å². The van der Waals surface area contributed by atoms with Crippen molar-refractivity contribution in [3.05, 3.63) is 42.5 Å². The second kappa shape index (κ2) is 5.24. The van der Waals surface area contributed by atoms with Gasteiger partial charge in [-0.1, -0.05) is 50.6 Å². The molecule has 0 bridgehead atoms. The van der Waals surface area contributed by atoms with Crippen molar-refractivity contribution in [1.29, 1.82) is 0 Å². The Hall–Kier alpha value is -1.50. The molecule has 2 aromatic rings. The van der Waals surface area contributed by atoms with Crippen molar-refractivity contribution < 1.29 is 0 Å². The van der Waals surface area contributed by atoms with Crippen LogP contribution in [0.4, 0.5) is 5.69 Å². The normalized spacial score (nSPS) is 27.4. The van der Waals surface area contributed by atoms with Gasteiger partial charge in [0.15, 0.2) is 0 Å². The SMILES string of the molecule is CC1CCC(C)C(Nc2ccc3ccccc3c2)C1. The lowest BCUT2D eigenvalue weighted by Gasteiger charge is -2.34. The third-order valence-corrected chi connectivity index (χ3v) is 4.56. The topological polar surface area (TPSA) is 12.0 Å². The number of rotatable bonds is 2. The van der Waals surface area contributed by atoms with Crippen molar-refractivity contribution in [2.75, 3.05) is 5.32 Å². The predicted octanol–water partition coefficient (Wildman–Crippen LogP) is 5.08. The smallest absolute Gasteiger partial charge is 0.0348 e. The van der Waals surface area contributed by atoms with E-state index in [0.717, 1.165) is 11.8 Å². The zero-order valence-electron chi connectivity index (χ0n) is 11.9. The first-order valence-electron chi connectivity index (χ1n) is 7.48. The highest BCUT2D eigenvalue weighted by atomic mass is 14.9. The van der Waals surface area contributed by atoms with Gasteiger partial charge in [-0.05, 0) is 47.6 Å². The van der Waals surface area contributed by atoms with Crippen LogP contribution in [0, 0.1) is 11.8 Å². The molecule has 0 radical (unpaired) electrons. The molecule has 1 fully saturated rings. The van der Waals surface area contributed by atoms with E-state index in [9.17, 15) is 0 Å². The second-order valence-corrected chi connectivity index (χ2v) is 6.21. The number of hydrogen-bond acceptors (Lipinski definition) is 1. The fourth-order valence-electron chi connectivity index (χ4n) is 3.23. The highest BCUT2D eigenvalue weighted by molar-refractivity contribution is 5.85. The Kier molecular flexibility index (Phi) is 3.46. The molecule has 0 spiro atoms. The van der Waals surface area contributed by atoms with Gasteiger partial charge in [0.1, 0.15) is 0 Å². The summed E-state index contributed by atoms with van der Waals surface area (Å²) in [5, 5.41) is 6.39. The summed E-state index contributed by atoms with van der Waals surface area (Å²) in [5.74, 6) is 1.64. The lowest BCUT2D eigenvalue weighted by Crippen LogP contribution is -2.33. The highest BCUT2D eigenvalue weighted by Gasteiger charge is 2.25. The Morgan fingerprint density at radius 1 is 0.947 bits per heavy atom. The molecule has 0 heterocycles. The van der Waals surface area contributed by atoms with Crippen molar-refractivity contribution in [3.63, 3.8) is 0 Å². The van der Waals surface area contributed by atoms with Crippen molar-refractivity contribution in [2.24, 2.45) is 11.8 Å². The first-order chi connectivity index (χ1) is 9.22. The Bertz CT molecular complexity index is 560. The van der Waals surface area contributed by atoms with Crippen LogP contribution in [0.2, 0.25) is 0 Å². The van der Waals surface area contributed by atoms with E-state index in [1.807, 2.05) is 0 Å². The van der Waals surface area contributed by atoms with Crippen molar-refractivity contribution in [2.45, 2.75) is 39.2 Å². The molecule has 0 aromatic heterocycles. The third kappa shape index (κ3) is 2.75. The van der Waals surface area contributed by atoms with Crippen molar-refractivity contribution in [1.82, 2.24) is 0 Å². The molecular formula is C18H23N. The van der Waals surface area contributed by atoms with Crippen LogP contribution in [0.25, 0.3) is 10.8 Å². The Morgan fingerprint density at radius 3 is 2.58 bits per heavy atom. The van der Waals surface area contributed by atoms with Crippen LogP contribution in [-0.4, -0.2) is 6.04 Å². The second-order valence-electron chi connectivity index (χ2n) is 6.21. The maximum Gasteiger partial charge on any atom is 0.0348 e. The summed E-state index contributed by atoms with van der Waals surface area (Å²) >= 11 is 0. The summed E-state index contributed by atoms with van der Waals surface area (Å²) in [6.07, 6.45) is 4.04. The number of anilines is 1. The summed E-state index contributed by atoms with van der Waals surface area (Å²) in [4.78, 5) is 0. The monoisotopic (exact) mass is 253 g/mol. The van der Waals surface area contributed by atoms with E-state index in [-0.39, 0.29) is 0 Å². The first kappa shape index (κ1) is 12.5. The predicted molar refractivity (Wildman–Crippen MR) is 83.5 cm³/mol. The van der Waals surface area contributed by atoms with Gasteiger partial charge in [-0.25, -0.2) is 0 Å². The zero-order chi connectivity index (χ0) is 13.2. The maximum absolute atomic E-state index is 3.75. The standard InChI is InChI=1S/C18H23N/c1-13-7-8-14(2)18(11-13)19-17-10-9-15-5-3-4-6-16(15)12-17/h3-6,9-10,12-14,18-19H,7-8,11H2,1-2H3. The van der Waals surface area contributed by atoms with E-state index in [4.69, 9.17) is 0 Å². The Morgan fingerprint density at radius 2 is 1.74 bits per heavy atom. The quantitative estimate of drug-likeness (QED) is 0.787. The molecule has 3 atom stereocenters. The molecule has 0 saturated heterocycles. The van der Waals surface area contributed by atoms with Gasteiger partial charge in [-0.2, -0.15) is 0 Å². The molecule has 1 N–H and O–H groups in total. The fourth-order valence-corrected chi connectivity index (χ4v) is 3.23. The maximum atomic E-state index is 3.75. The van der Waals surface area contributed by atoms with Gasteiger partial charge in [0.25, 0.3) is 0 Å². The van der Waals surface area contributed by atoms with E-state index in [2.05, 4.69) is 61.6 Å². The van der Waals surface area contributed by atoms with Crippen LogP contribution in [0.3, 0.4) is 0 Å². The van der Waals surface area contributed by atoms with E-state index < -0.39 is 0 Å². The van der Waals surface area contributed by atoms with Gasteiger partial charge in [0, 0.05) is 11.7 Å². The molecule has 3 unspecified atom stereocenters. The zero-order valence-corrected chi connectivity index (χ0v) is 11.9. The molecule has 1 heteroatoms. The lowest BCUT2D eigenvalue weighted by atomic mass is 9.80. The van der Waals surface area contributed by atoms with Crippen LogP contribution >= 0.6 is 0 Å². The van der Waals surface area contributed by atoms with Crippen LogP contribution in [-0.2, 0) is 0 Å². The Balaban J connectivity index is 1.80. The minimum atomic E-state index is 0.630. The van der Waals surface area contributed by atoms with Crippen molar-refractivity contribution in [3.8, 4) is 0 Å². The third-order valence-electron chi connectivity index (χ3n) is 4.56. The molecule has 0 amide bonds. The minimum Gasteiger partial charge on any atom is -0.382 e. The lowest BCUT2D eigenvalue weighted by molar-refractivity contribution is 0.281. The summed E-state index contributed by atoms with van der Waals surface area (Å²) in [7, 11) is 0. The summed E-state index contributed by atoms with van der Waals surface area (Å²) < 4.78 is 0. The first-order valence-corrected chi connectivity index (χ1v) is 7.48. The van der Waals surface area contributed by atoms with Gasteiger partial charge < -0.3 is 5.32 Å². The molecule has 3 rings (SSSR count). The van der Waals surface area contributed by atoms with E-state index >= 15 is 0 Å². The summed E-state index contributed by atoms with van der Waals surface area (Å²) in [6.45, 7) is 4.76. The van der Waals surface area contributed by atoms with Crippen LogP contribution in [0.15, 0.2) is 42.5 Å². The minimum absolute atomic E-state index is 0.630. The van der Waals surface area contributed by atoms with E-state index in [0.29, 0.717) is 6.04 Å². The van der Waals surface area contributed by atoms with Gasteiger partial charge >= 0.3 is 0 Å². The average Bonchev–Trinajstić information content (AvgIpc) is 2.43. The average molecular weight is 253 g/mol. The molecule has 1 aliphatic carbocycles. The largest absolute Gasteiger partial charge is 0.382 e. The molecule has 19 heavy (non-hydrogen) atoms. The van der Waals surface area contributed by atoms with Gasteiger partial charge in [-0.15, -0.1) is 0 Å². The molecule has 1 nitrogen and oxygen atoms in total. The van der Waals surface area contributed by atoms with Crippen LogP contribution < -0.4 is 5.32 Å². The number of nitrogens with one attached hydrogen (secondary N) is 1.